The van der Waals surface area contributed by atoms with Crippen LogP contribution < -0.4 is 10.6 Å². The highest BCUT2D eigenvalue weighted by Crippen LogP contribution is 2.36. The molecule has 0 bridgehead atoms. The Morgan fingerprint density at radius 1 is 1.15 bits per heavy atom. The first-order valence-corrected chi connectivity index (χ1v) is 7.27. The Kier molecular flexibility index (Phi) is 4.62. The average molecular weight is 282 g/mol. The number of rotatable bonds is 6. The van der Waals surface area contributed by atoms with Crippen LogP contribution in [0.5, 0.6) is 0 Å². The monoisotopic (exact) mass is 282 g/mol. The summed E-state index contributed by atoms with van der Waals surface area (Å²) in [6.07, 6.45) is 3.49. The molecule has 6 heteroatoms. The Labute approximate surface area is 118 Å². The van der Waals surface area contributed by atoms with Crippen LogP contribution in [0.1, 0.15) is 39.0 Å². The zero-order chi connectivity index (χ0) is 14.7. The molecule has 2 amide bonds. The minimum absolute atomic E-state index is 0.0534. The van der Waals surface area contributed by atoms with E-state index < -0.39 is 17.8 Å². The summed E-state index contributed by atoms with van der Waals surface area (Å²) in [5.74, 6) is -1.99. The third-order valence-electron chi connectivity index (χ3n) is 4.05. The van der Waals surface area contributed by atoms with Crippen LogP contribution in [-0.2, 0) is 14.4 Å². The standard InChI is InChI=1S/C14H22N2O4/c1-8-6-10(11(7-8)14(19)20)13(18)15-5-4-12(17)16-9-2-3-9/h8-11H,2-7H2,1H3,(H,15,18)(H,16,17)(H,19,20). The molecule has 3 N–H and O–H groups in total. The van der Waals surface area contributed by atoms with Gasteiger partial charge in [0.05, 0.1) is 11.8 Å². The van der Waals surface area contributed by atoms with Gasteiger partial charge in [-0.25, -0.2) is 0 Å². The van der Waals surface area contributed by atoms with E-state index >= 15 is 0 Å². The Balaban J connectivity index is 1.73. The summed E-state index contributed by atoms with van der Waals surface area (Å²) in [5, 5.41) is 14.7. The topological polar surface area (TPSA) is 95.5 Å². The maximum absolute atomic E-state index is 12.0. The van der Waals surface area contributed by atoms with Crippen LogP contribution in [0, 0.1) is 17.8 Å². The molecule has 2 saturated carbocycles. The second-order valence-electron chi connectivity index (χ2n) is 6.01. The SMILES string of the molecule is CC1CC(C(=O)O)C(C(=O)NCCC(=O)NC2CC2)C1. The van der Waals surface area contributed by atoms with E-state index in [1.165, 1.54) is 0 Å². The van der Waals surface area contributed by atoms with Crippen molar-refractivity contribution < 1.29 is 19.5 Å². The summed E-state index contributed by atoms with van der Waals surface area (Å²) < 4.78 is 0. The molecule has 0 saturated heterocycles. The van der Waals surface area contributed by atoms with E-state index in [4.69, 9.17) is 5.11 Å². The van der Waals surface area contributed by atoms with Gasteiger partial charge in [0.2, 0.25) is 11.8 Å². The number of hydrogen-bond acceptors (Lipinski definition) is 3. The van der Waals surface area contributed by atoms with Gasteiger partial charge in [-0.05, 0) is 31.6 Å². The molecule has 0 aromatic carbocycles. The average Bonchev–Trinajstić information content (AvgIpc) is 3.08. The van der Waals surface area contributed by atoms with Crippen LogP contribution in [0.15, 0.2) is 0 Å². The molecule has 0 aromatic rings. The van der Waals surface area contributed by atoms with E-state index in [1.54, 1.807) is 0 Å². The van der Waals surface area contributed by atoms with Gasteiger partial charge in [-0.2, -0.15) is 0 Å². The molecule has 0 heterocycles. The van der Waals surface area contributed by atoms with E-state index in [-0.39, 0.29) is 30.7 Å². The van der Waals surface area contributed by atoms with Gasteiger partial charge in [0.25, 0.3) is 0 Å². The summed E-state index contributed by atoms with van der Waals surface area (Å²) >= 11 is 0. The van der Waals surface area contributed by atoms with Gasteiger partial charge in [0.1, 0.15) is 0 Å². The van der Waals surface area contributed by atoms with Crippen LogP contribution in [0.25, 0.3) is 0 Å². The molecule has 0 aliphatic heterocycles. The molecule has 2 aliphatic carbocycles. The fourth-order valence-electron chi connectivity index (χ4n) is 2.81. The first kappa shape index (κ1) is 14.8. The van der Waals surface area contributed by atoms with Gasteiger partial charge in [0.15, 0.2) is 0 Å². The first-order valence-electron chi connectivity index (χ1n) is 7.27. The van der Waals surface area contributed by atoms with Gasteiger partial charge in [-0.15, -0.1) is 0 Å². The fraction of sp³-hybridized carbons (Fsp3) is 0.786. The number of carboxylic acid groups (broad SMARTS) is 1. The van der Waals surface area contributed by atoms with Crippen molar-refractivity contribution in [2.45, 2.75) is 45.1 Å². The summed E-state index contributed by atoms with van der Waals surface area (Å²) in [6, 6.07) is 0.324. The number of aliphatic carboxylic acids is 1. The largest absolute Gasteiger partial charge is 0.481 e. The fourth-order valence-corrected chi connectivity index (χ4v) is 2.81. The third-order valence-corrected chi connectivity index (χ3v) is 4.05. The number of nitrogens with one attached hydrogen (secondary N) is 2. The van der Waals surface area contributed by atoms with Gasteiger partial charge in [0, 0.05) is 19.0 Å². The molecule has 3 unspecified atom stereocenters. The molecule has 20 heavy (non-hydrogen) atoms. The molecule has 0 aromatic heterocycles. The predicted molar refractivity (Wildman–Crippen MR) is 71.8 cm³/mol. The van der Waals surface area contributed by atoms with Gasteiger partial charge in [-0.1, -0.05) is 6.92 Å². The zero-order valence-corrected chi connectivity index (χ0v) is 11.7. The molecule has 2 aliphatic rings. The normalized spacial score (nSPS) is 28.9. The summed E-state index contributed by atoms with van der Waals surface area (Å²) in [6.45, 7) is 2.24. The van der Waals surface area contributed by atoms with E-state index in [0.717, 1.165) is 12.8 Å². The van der Waals surface area contributed by atoms with Crippen LogP contribution in [0.2, 0.25) is 0 Å². The Morgan fingerprint density at radius 2 is 1.80 bits per heavy atom. The summed E-state index contributed by atoms with van der Waals surface area (Å²) in [5.41, 5.74) is 0. The van der Waals surface area contributed by atoms with Crippen LogP contribution in [0.3, 0.4) is 0 Å². The van der Waals surface area contributed by atoms with Crippen molar-refractivity contribution >= 4 is 17.8 Å². The molecule has 0 radical (unpaired) electrons. The lowest BCUT2D eigenvalue weighted by molar-refractivity contribution is -0.146. The minimum Gasteiger partial charge on any atom is -0.481 e. The Bertz CT molecular complexity index is 406. The first-order chi connectivity index (χ1) is 9.47. The second-order valence-corrected chi connectivity index (χ2v) is 6.01. The quantitative estimate of drug-likeness (QED) is 0.661. The summed E-state index contributed by atoms with van der Waals surface area (Å²) in [7, 11) is 0. The molecule has 2 rings (SSSR count). The maximum Gasteiger partial charge on any atom is 0.307 e. The zero-order valence-electron chi connectivity index (χ0n) is 11.7. The smallest absolute Gasteiger partial charge is 0.307 e. The van der Waals surface area contributed by atoms with Crippen molar-refractivity contribution in [1.29, 1.82) is 0 Å². The van der Waals surface area contributed by atoms with Crippen molar-refractivity contribution in [2.75, 3.05) is 6.54 Å². The number of carbonyl (C=O) groups excluding carboxylic acids is 2. The van der Waals surface area contributed by atoms with Gasteiger partial charge in [-0.3, -0.25) is 14.4 Å². The Morgan fingerprint density at radius 3 is 2.40 bits per heavy atom. The highest BCUT2D eigenvalue weighted by Gasteiger charge is 2.41. The van der Waals surface area contributed by atoms with Crippen LogP contribution in [-0.4, -0.2) is 35.5 Å². The predicted octanol–water partition coefficient (Wildman–Crippen LogP) is 0.518. The second kappa shape index (κ2) is 6.24. The van der Waals surface area contributed by atoms with E-state index in [2.05, 4.69) is 10.6 Å². The lowest BCUT2D eigenvalue weighted by Gasteiger charge is -2.15. The van der Waals surface area contributed by atoms with E-state index in [0.29, 0.717) is 18.9 Å². The van der Waals surface area contributed by atoms with Crippen LogP contribution >= 0.6 is 0 Å². The highest BCUT2D eigenvalue weighted by molar-refractivity contribution is 5.85. The molecule has 0 spiro atoms. The van der Waals surface area contributed by atoms with Gasteiger partial charge < -0.3 is 15.7 Å². The van der Waals surface area contributed by atoms with E-state index in [9.17, 15) is 14.4 Å². The maximum atomic E-state index is 12.0. The number of carbonyl (C=O) groups is 3. The molecule has 2 fully saturated rings. The summed E-state index contributed by atoms with van der Waals surface area (Å²) in [4.78, 5) is 34.6. The molecular weight excluding hydrogens is 260 g/mol. The minimum atomic E-state index is -0.902. The molecule has 6 nitrogen and oxygen atoms in total. The van der Waals surface area contributed by atoms with E-state index in [1.807, 2.05) is 6.92 Å². The number of carboxylic acids is 1. The number of hydrogen-bond donors (Lipinski definition) is 3. The highest BCUT2D eigenvalue weighted by atomic mass is 16.4. The van der Waals surface area contributed by atoms with Crippen molar-refractivity contribution in [3.8, 4) is 0 Å². The lowest BCUT2D eigenvalue weighted by Crippen LogP contribution is -2.37. The molecule has 112 valence electrons. The van der Waals surface area contributed by atoms with Crippen molar-refractivity contribution in [3.63, 3.8) is 0 Å². The molecular formula is C14H22N2O4. The van der Waals surface area contributed by atoms with Crippen molar-refractivity contribution in [3.05, 3.63) is 0 Å². The molecule has 3 atom stereocenters. The van der Waals surface area contributed by atoms with Crippen molar-refractivity contribution in [2.24, 2.45) is 17.8 Å². The third kappa shape index (κ3) is 3.95. The number of amides is 2. The Hall–Kier alpha value is -1.59. The van der Waals surface area contributed by atoms with Crippen LogP contribution in [0.4, 0.5) is 0 Å². The lowest BCUT2D eigenvalue weighted by atomic mass is 9.95. The van der Waals surface area contributed by atoms with Crippen molar-refractivity contribution in [1.82, 2.24) is 10.6 Å². The van der Waals surface area contributed by atoms with Gasteiger partial charge >= 0.3 is 5.97 Å².